The van der Waals surface area contributed by atoms with Gasteiger partial charge in [-0.25, -0.2) is 4.79 Å². The molecule has 2 N–H and O–H groups in total. The van der Waals surface area contributed by atoms with Crippen LogP contribution in [0.15, 0.2) is 60.9 Å². The van der Waals surface area contributed by atoms with Crippen molar-refractivity contribution in [3.05, 3.63) is 77.6 Å². The molecule has 1 amide bonds. The van der Waals surface area contributed by atoms with E-state index in [1.807, 2.05) is 38.7 Å². The van der Waals surface area contributed by atoms with Crippen LogP contribution in [0.3, 0.4) is 0 Å². The van der Waals surface area contributed by atoms with Gasteiger partial charge in [0, 0.05) is 60.0 Å². The molecule has 1 unspecified atom stereocenters. The Bertz CT molecular complexity index is 1610. The highest BCUT2D eigenvalue weighted by Gasteiger charge is 2.27. The van der Waals surface area contributed by atoms with Crippen LogP contribution in [-0.2, 0) is 11.8 Å². The lowest BCUT2D eigenvalue weighted by Crippen LogP contribution is -2.44. The number of aromatic nitrogens is 3. The second-order valence-corrected chi connectivity index (χ2v) is 14.8. The van der Waals surface area contributed by atoms with E-state index in [0.29, 0.717) is 12.1 Å². The van der Waals surface area contributed by atoms with Gasteiger partial charge in [0.1, 0.15) is 5.60 Å². The highest BCUT2D eigenvalue weighted by atomic mass is 16.6. The standard InChI is InChI=1S/C39H53N5O2/c1-27-10-9-11-28(24-27)33(20-22-40-30-15-17-31(18-16-30)42-38(45)46-39(2,3)4)35-26-44(32-12-7-6-8-13-32)37-19-14-29(25-34(35)37)36-21-23-41-43(36)5/h9-11,14,19,21,23-26,30-33,40H,6-8,12-13,15-18,20,22H2,1-5H3,(H,42,45)/t30-,31-,33?. The molecule has 0 bridgehead atoms. The number of amides is 1. The monoisotopic (exact) mass is 623 g/mol. The molecular weight excluding hydrogens is 570 g/mol. The number of benzene rings is 2. The number of nitrogens with zero attached hydrogens (tertiary/aromatic N) is 3. The molecular formula is C39H53N5O2. The molecule has 0 spiro atoms. The predicted octanol–water partition coefficient (Wildman–Crippen LogP) is 8.80. The van der Waals surface area contributed by atoms with E-state index in [2.05, 4.69) is 82.0 Å². The minimum Gasteiger partial charge on any atom is -0.444 e. The van der Waals surface area contributed by atoms with Crippen molar-refractivity contribution in [2.45, 2.75) is 122 Å². The molecule has 0 saturated heterocycles. The summed E-state index contributed by atoms with van der Waals surface area (Å²) < 4.78 is 10.1. The van der Waals surface area contributed by atoms with Crippen molar-refractivity contribution in [2.24, 2.45) is 7.05 Å². The van der Waals surface area contributed by atoms with Crippen LogP contribution in [0.2, 0.25) is 0 Å². The summed E-state index contributed by atoms with van der Waals surface area (Å²) in [6, 6.07) is 19.5. The molecule has 7 heteroatoms. The summed E-state index contributed by atoms with van der Waals surface area (Å²) in [5.74, 6) is 0.284. The first-order valence-electron chi connectivity index (χ1n) is 17.6. The Morgan fingerprint density at radius 2 is 1.74 bits per heavy atom. The topological polar surface area (TPSA) is 73.1 Å². The van der Waals surface area contributed by atoms with Crippen molar-refractivity contribution in [3.8, 4) is 11.3 Å². The molecule has 2 aromatic heterocycles. The summed E-state index contributed by atoms with van der Waals surface area (Å²) in [7, 11) is 2.02. The molecule has 2 aromatic carbocycles. The number of alkyl carbamates (subject to hydrolysis) is 1. The van der Waals surface area contributed by atoms with Gasteiger partial charge in [0.25, 0.3) is 0 Å². The summed E-state index contributed by atoms with van der Waals surface area (Å²) in [6.07, 6.45) is 15.7. The predicted molar refractivity (Wildman–Crippen MR) is 187 cm³/mol. The normalized spacial score (nSPS) is 20.1. The lowest BCUT2D eigenvalue weighted by Gasteiger charge is -2.31. The van der Waals surface area contributed by atoms with E-state index >= 15 is 0 Å². The number of aryl methyl sites for hydroxylation is 2. The van der Waals surface area contributed by atoms with E-state index in [0.717, 1.165) is 44.3 Å². The molecule has 0 aliphatic heterocycles. The summed E-state index contributed by atoms with van der Waals surface area (Å²) in [6.45, 7) is 8.87. The maximum atomic E-state index is 12.3. The van der Waals surface area contributed by atoms with Gasteiger partial charge >= 0.3 is 6.09 Å². The molecule has 7 nitrogen and oxygen atoms in total. The second-order valence-electron chi connectivity index (χ2n) is 14.8. The van der Waals surface area contributed by atoms with Crippen molar-refractivity contribution in [1.29, 1.82) is 0 Å². The number of nitrogens with one attached hydrogen (secondary N) is 2. The van der Waals surface area contributed by atoms with E-state index in [1.54, 1.807) is 0 Å². The smallest absolute Gasteiger partial charge is 0.407 e. The third kappa shape index (κ3) is 7.68. The maximum absolute atomic E-state index is 12.3. The van der Waals surface area contributed by atoms with Crippen LogP contribution in [-0.4, -0.2) is 44.7 Å². The lowest BCUT2D eigenvalue weighted by atomic mass is 9.86. The van der Waals surface area contributed by atoms with E-state index in [4.69, 9.17) is 4.74 Å². The van der Waals surface area contributed by atoms with Crippen LogP contribution in [0, 0.1) is 6.92 Å². The van der Waals surface area contributed by atoms with E-state index in [1.165, 1.54) is 65.3 Å². The van der Waals surface area contributed by atoms with E-state index < -0.39 is 5.60 Å². The van der Waals surface area contributed by atoms with Crippen LogP contribution in [0.1, 0.15) is 114 Å². The van der Waals surface area contributed by atoms with Crippen molar-refractivity contribution >= 4 is 17.0 Å². The molecule has 46 heavy (non-hydrogen) atoms. The number of carbonyl (C=O) groups is 1. The molecule has 1 atom stereocenters. The molecule has 246 valence electrons. The first-order valence-corrected chi connectivity index (χ1v) is 17.6. The molecule has 6 rings (SSSR count). The maximum Gasteiger partial charge on any atom is 0.407 e. The van der Waals surface area contributed by atoms with Crippen LogP contribution in [0.4, 0.5) is 4.79 Å². The van der Waals surface area contributed by atoms with Crippen molar-refractivity contribution in [2.75, 3.05) is 6.54 Å². The molecule has 2 fully saturated rings. The van der Waals surface area contributed by atoms with Gasteiger partial charge in [-0.3, -0.25) is 4.68 Å². The van der Waals surface area contributed by atoms with Crippen molar-refractivity contribution < 1.29 is 9.53 Å². The SMILES string of the molecule is Cc1cccc(C(CCN[C@H]2CC[C@H](NC(=O)OC(C)(C)C)CC2)c2cn(C3CCCCC3)c3ccc(-c4ccnn4C)cc23)c1. The number of fused-ring (bicyclic) bond motifs is 1. The minimum absolute atomic E-state index is 0.187. The third-order valence-electron chi connectivity index (χ3n) is 10.1. The van der Waals surface area contributed by atoms with Crippen LogP contribution < -0.4 is 10.6 Å². The largest absolute Gasteiger partial charge is 0.444 e. The van der Waals surface area contributed by atoms with Gasteiger partial charge in [-0.2, -0.15) is 5.10 Å². The number of hydrogen-bond donors (Lipinski definition) is 2. The van der Waals surface area contributed by atoms with Crippen molar-refractivity contribution in [3.63, 3.8) is 0 Å². The zero-order valence-electron chi connectivity index (χ0n) is 28.5. The number of hydrogen-bond acceptors (Lipinski definition) is 4. The van der Waals surface area contributed by atoms with E-state index in [9.17, 15) is 4.79 Å². The average molecular weight is 624 g/mol. The molecule has 4 aromatic rings. The Kier molecular flexibility index (Phi) is 9.88. The van der Waals surface area contributed by atoms with Gasteiger partial charge in [0.05, 0.1) is 5.69 Å². The first kappa shape index (κ1) is 32.4. The van der Waals surface area contributed by atoms with E-state index in [-0.39, 0.29) is 18.1 Å². The fourth-order valence-corrected chi connectivity index (χ4v) is 7.77. The van der Waals surface area contributed by atoms with Gasteiger partial charge in [-0.15, -0.1) is 0 Å². The second kappa shape index (κ2) is 14.0. The van der Waals surface area contributed by atoms with Crippen LogP contribution in [0.25, 0.3) is 22.2 Å². The van der Waals surface area contributed by atoms with Gasteiger partial charge in [-0.05, 0) is 109 Å². The molecule has 2 saturated carbocycles. The van der Waals surface area contributed by atoms with Gasteiger partial charge < -0.3 is 19.9 Å². The summed E-state index contributed by atoms with van der Waals surface area (Å²) in [4.78, 5) is 12.3. The summed E-state index contributed by atoms with van der Waals surface area (Å²) >= 11 is 0. The molecule has 2 heterocycles. The first-order chi connectivity index (χ1) is 22.1. The zero-order chi connectivity index (χ0) is 32.3. The van der Waals surface area contributed by atoms with Crippen molar-refractivity contribution in [1.82, 2.24) is 25.0 Å². The highest BCUT2D eigenvalue weighted by molar-refractivity contribution is 5.89. The lowest BCUT2D eigenvalue weighted by molar-refractivity contribution is 0.0489. The Balaban J connectivity index is 1.23. The Hall–Kier alpha value is -3.58. The Labute approximate surface area is 275 Å². The fourth-order valence-electron chi connectivity index (χ4n) is 7.77. The fraction of sp³-hybridized carbons (Fsp3) is 0.538. The number of carbonyl (C=O) groups excluding carboxylic acids is 1. The Morgan fingerprint density at radius 3 is 2.43 bits per heavy atom. The molecule has 2 aliphatic carbocycles. The Morgan fingerprint density at radius 1 is 0.978 bits per heavy atom. The molecule has 2 aliphatic rings. The minimum atomic E-state index is -0.473. The van der Waals surface area contributed by atoms with Gasteiger partial charge in [-0.1, -0.05) is 55.2 Å². The average Bonchev–Trinajstić information content (AvgIpc) is 3.63. The zero-order valence-corrected chi connectivity index (χ0v) is 28.5. The van der Waals surface area contributed by atoms with Gasteiger partial charge in [0.15, 0.2) is 0 Å². The number of rotatable bonds is 9. The quantitative estimate of drug-likeness (QED) is 0.195. The summed E-state index contributed by atoms with van der Waals surface area (Å²) in [5.41, 5.74) is 7.37. The van der Waals surface area contributed by atoms with Crippen LogP contribution >= 0.6 is 0 Å². The molecule has 0 radical (unpaired) electrons. The summed E-state index contributed by atoms with van der Waals surface area (Å²) in [5, 5.41) is 12.8. The number of ether oxygens (including phenoxy) is 1. The van der Waals surface area contributed by atoms with Gasteiger partial charge in [0.2, 0.25) is 0 Å². The highest BCUT2D eigenvalue weighted by Crippen LogP contribution is 2.40. The van der Waals surface area contributed by atoms with Crippen LogP contribution in [0.5, 0.6) is 0 Å². The third-order valence-corrected chi connectivity index (χ3v) is 10.1.